The summed E-state index contributed by atoms with van der Waals surface area (Å²) in [6, 6.07) is 3.12. The topological polar surface area (TPSA) is 55.4 Å². The Labute approximate surface area is 131 Å². The fourth-order valence-electron chi connectivity index (χ4n) is 1.47. The summed E-state index contributed by atoms with van der Waals surface area (Å²) in [4.78, 5) is 0. The lowest BCUT2D eigenvalue weighted by atomic mass is 10.3. The summed E-state index contributed by atoms with van der Waals surface area (Å²) >= 11 is 14.8. The van der Waals surface area contributed by atoms with E-state index < -0.39 is 10.0 Å². The van der Waals surface area contributed by atoms with E-state index in [1.165, 1.54) is 13.2 Å². The second-order valence-electron chi connectivity index (χ2n) is 4.11. The molecule has 1 rings (SSSR count). The number of sulfonamides is 1. The maximum Gasteiger partial charge on any atom is 0.233 e. The van der Waals surface area contributed by atoms with E-state index in [0.29, 0.717) is 20.9 Å². The molecule has 0 saturated carbocycles. The SMILES string of the molecule is COc1c(Br)cc(Cl)cc1NS(=O)(=O)CC(C)CCl. The van der Waals surface area contributed by atoms with Gasteiger partial charge in [-0.2, -0.15) is 0 Å². The van der Waals surface area contributed by atoms with Crippen molar-refractivity contribution in [2.24, 2.45) is 5.92 Å². The van der Waals surface area contributed by atoms with Gasteiger partial charge < -0.3 is 4.74 Å². The number of nitrogens with one attached hydrogen (secondary N) is 1. The maximum atomic E-state index is 12.0. The number of hydrogen-bond donors (Lipinski definition) is 1. The molecule has 19 heavy (non-hydrogen) atoms. The fourth-order valence-corrected chi connectivity index (χ4v) is 4.12. The Bertz CT molecular complexity index is 551. The lowest BCUT2D eigenvalue weighted by Crippen LogP contribution is -2.22. The first-order valence-corrected chi connectivity index (χ1v) is 8.74. The van der Waals surface area contributed by atoms with E-state index in [9.17, 15) is 8.42 Å². The van der Waals surface area contributed by atoms with Gasteiger partial charge in [0.15, 0.2) is 5.75 Å². The van der Waals surface area contributed by atoms with Crippen molar-refractivity contribution >= 4 is 54.8 Å². The van der Waals surface area contributed by atoms with Crippen molar-refractivity contribution in [3.05, 3.63) is 21.6 Å². The third-order valence-corrected chi connectivity index (χ3v) is 5.12. The average molecular weight is 391 g/mol. The lowest BCUT2D eigenvalue weighted by molar-refractivity contribution is 0.414. The van der Waals surface area contributed by atoms with Crippen molar-refractivity contribution in [3.8, 4) is 5.75 Å². The van der Waals surface area contributed by atoms with Gasteiger partial charge in [0, 0.05) is 10.9 Å². The molecule has 0 heterocycles. The Morgan fingerprint density at radius 3 is 2.63 bits per heavy atom. The normalized spacial score (nSPS) is 13.1. The van der Waals surface area contributed by atoms with Crippen LogP contribution in [0.4, 0.5) is 5.69 Å². The highest BCUT2D eigenvalue weighted by atomic mass is 79.9. The summed E-state index contributed by atoms with van der Waals surface area (Å²) in [5.41, 5.74) is 0.295. The van der Waals surface area contributed by atoms with Gasteiger partial charge >= 0.3 is 0 Å². The molecule has 0 bridgehead atoms. The van der Waals surface area contributed by atoms with Gasteiger partial charge in [0.05, 0.1) is 23.0 Å². The number of halogens is 3. The van der Waals surface area contributed by atoms with Crippen molar-refractivity contribution < 1.29 is 13.2 Å². The zero-order valence-electron chi connectivity index (χ0n) is 10.4. The van der Waals surface area contributed by atoms with E-state index in [1.807, 2.05) is 0 Å². The molecule has 0 radical (unpaired) electrons. The van der Waals surface area contributed by atoms with Crippen LogP contribution in [-0.2, 0) is 10.0 Å². The summed E-state index contributed by atoms with van der Waals surface area (Å²) in [6.45, 7) is 1.76. The summed E-state index contributed by atoms with van der Waals surface area (Å²) in [7, 11) is -2.05. The third kappa shape index (κ3) is 5.02. The third-order valence-electron chi connectivity index (χ3n) is 2.25. The first-order valence-electron chi connectivity index (χ1n) is 5.38. The van der Waals surface area contributed by atoms with Crippen LogP contribution in [0, 0.1) is 5.92 Å². The van der Waals surface area contributed by atoms with Gasteiger partial charge in [-0.1, -0.05) is 18.5 Å². The quantitative estimate of drug-likeness (QED) is 0.753. The first kappa shape index (κ1) is 16.9. The van der Waals surface area contributed by atoms with E-state index in [4.69, 9.17) is 27.9 Å². The summed E-state index contributed by atoms with van der Waals surface area (Å²) in [5.74, 6) is 0.445. The molecule has 0 saturated heterocycles. The molecule has 1 aromatic carbocycles. The number of ether oxygens (including phenoxy) is 1. The predicted molar refractivity (Wildman–Crippen MR) is 83.0 cm³/mol. The molecule has 0 aliphatic heterocycles. The molecular formula is C11H14BrCl2NO3S. The minimum atomic E-state index is -3.51. The van der Waals surface area contributed by atoms with Gasteiger partial charge in [0.1, 0.15) is 0 Å². The number of alkyl halides is 1. The zero-order valence-corrected chi connectivity index (χ0v) is 14.3. The van der Waals surface area contributed by atoms with Gasteiger partial charge in [0.25, 0.3) is 0 Å². The average Bonchev–Trinajstić information content (AvgIpc) is 2.26. The van der Waals surface area contributed by atoms with Crippen LogP contribution in [0.2, 0.25) is 5.02 Å². The maximum absolute atomic E-state index is 12.0. The Hall–Kier alpha value is -0.170. The number of benzene rings is 1. The zero-order chi connectivity index (χ0) is 14.6. The minimum Gasteiger partial charge on any atom is -0.493 e. The molecule has 4 nitrogen and oxygen atoms in total. The Balaban J connectivity index is 3.05. The van der Waals surface area contributed by atoms with Gasteiger partial charge in [-0.15, -0.1) is 11.6 Å². The van der Waals surface area contributed by atoms with Gasteiger partial charge in [-0.3, -0.25) is 4.72 Å². The standard InChI is InChI=1S/C11H14BrCl2NO3S/c1-7(5-13)6-19(16,17)15-10-4-8(14)3-9(12)11(10)18-2/h3-4,7,15H,5-6H2,1-2H3. The highest BCUT2D eigenvalue weighted by molar-refractivity contribution is 9.10. The van der Waals surface area contributed by atoms with Crippen LogP contribution >= 0.6 is 39.1 Å². The van der Waals surface area contributed by atoms with E-state index in [-0.39, 0.29) is 17.6 Å². The monoisotopic (exact) mass is 389 g/mol. The molecule has 0 amide bonds. The van der Waals surface area contributed by atoms with E-state index in [2.05, 4.69) is 20.7 Å². The summed E-state index contributed by atoms with van der Waals surface area (Å²) < 4.78 is 32.1. The molecule has 1 atom stereocenters. The van der Waals surface area contributed by atoms with Crippen LogP contribution in [0.25, 0.3) is 0 Å². The first-order chi connectivity index (χ1) is 8.79. The molecule has 1 aromatic rings. The van der Waals surface area contributed by atoms with E-state index in [0.717, 1.165) is 0 Å². The molecule has 0 spiro atoms. The molecule has 108 valence electrons. The minimum absolute atomic E-state index is 0.0657. The Morgan fingerprint density at radius 1 is 1.47 bits per heavy atom. The number of rotatable bonds is 6. The van der Waals surface area contributed by atoms with Gasteiger partial charge in [0.2, 0.25) is 10.0 Å². The second kappa shape index (κ2) is 7.02. The van der Waals surface area contributed by atoms with E-state index in [1.54, 1.807) is 13.0 Å². The Kier molecular flexibility index (Phi) is 6.23. The van der Waals surface area contributed by atoms with Gasteiger partial charge in [-0.25, -0.2) is 8.42 Å². The van der Waals surface area contributed by atoms with Crippen LogP contribution in [0.3, 0.4) is 0 Å². The van der Waals surface area contributed by atoms with Crippen molar-refractivity contribution in [3.63, 3.8) is 0 Å². The highest BCUT2D eigenvalue weighted by Crippen LogP contribution is 2.36. The fraction of sp³-hybridized carbons (Fsp3) is 0.455. The molecular weight excluding hydrogens is 377 g/mol. The predicted octanol–water partition coefficient (Wildman–Crippen LogP) is 3.73. The van der Waals surface area contributed by atoms with Crippen molar-refractivity contribution in [1.82, 2.24) is 0 Å². The highest BCUT2D eigenvalue weighted by Gasteiger charge is 2.19. The molecule has 0 fully saturated rings. The summed E-state index contributed by atoms with van der Waals surface area (Å²) in [6.07, 6.45) is 0. The van der Waals surface area contributed by atoms with E-state index >= 15 is 0 Å². The molecule has 1 unspecified atom stereocenters. The lowest BCUT2D eigenvalue weighted by Gasteiger charge is -2.15. The van der Waals surface area contributed by atoms with Gasteiger partial charge in [-0.05, 0) is 34.0 Å². The molecule has 0 aromatic heterocycles. The number of hydrogen-bond acceptors (Lipinski definition) is 3. The molecule has 0 aliphatic rings. The van der Waals surface area contributed by atoms with Crippen LogP contribution in [0.15, 0.2) is 16.6 Å². The van der Waals surface area contributed by atoms with Crippen LogP contribution in [0.5, 0.6) is 5.75 Å². The van der Waals surface area contributed by atoms with Crippen LogP contribution < -0.4 is 9.46 Å². The van der Waals surface area contributed by atoms with Crippen molar-refractivity contribution in [2.45, 2.75) is 6.92 Å². The molecule has 0 aliphatic carbocycles. The Morgan fingerprint density at radius 2 is 2.11 bits per heavy atom. The smallest absolute Gasteiger partial charge is 0.233 e. The van der Waals surface area contributed by atoms with Crippen LogP contribution in [0.1, 0.15) is 6.92 Å². The van der Waals surface area contributed by atoms with Crippen molar-refractivity contribution in [2.75, 3.05) is 23.5 Å². The molecule has 1 N–H and O–H groups in total. The number of anilines is 1. The second-order valence-corrected chi connectivity index (χ2v) is 7.48. The number of methoxy groups -OCH3 is 1. The van der Waals surface area contributed by atoms with Crippen molar-refractivity contribution in [1.29, 1.82) is 0 Å². The largest absolute Gasteiger partial charge is 0.493 e. The molecule has 8 heteroatoms. The summed E-state index contributed by atoms with van der Waals surface area (Å²) in [5, 5.41) is 0.399. The van der Waals surface area contributed by atoms with Crippen LogP contribution in [-0.4, -0.2) is 27.2 Å².